The SMILES string of the molecule is Cc1ncoc1C1(CN)NC(=O)NC1=O.Cl. The van der Waals surface area contributed by atoms with E-state index < -0.39 is 17.5 Å². The molecule has 1 aliphatic rings. The number of hydrogen-bond donors (Lipinski definition) is 3. The highest BCUT2D eigenvalue weighted by Gasteiger charge is 2.50. The lowest BCUT2D eigenvalue weighted by Crippen LogP contribution is -2.50. The van der Waals surface area contributed by atoms with E-state index in [1.807, 2.05) is 0 Å². The van der Waals surface area contributed by atoms with Gasteiger partial charge in [-0.3, -0.25) is 10.1 Å². The Kier molecular flexibility index (Phi) is 3.20. The van der Waals surface area contributed by atoms with E-state index >= 15 is 0 Å². The summed E-state index contributed by atoms with van der Waals surface area (Å²) in [5, 5.41) is 4.57. The number of urea groups is 1. The fraction of sp³-hybridized carbons (Fsp3) is 0.375. The molecule has 1 unspecified atom stereocenters. The van der Waals surface area contributed by atoms with Gasteiger partial charge in [-0.25, -0.2) is 9.78 Å². The minimum absolute atomic E-state index is 0. The largest absolute Gasteiger partial charge is 0.445 e. The van der Waals surface area contributed by atoms with Crippen molar-refractivity contribution in [3.63, 3.8) is 0 Å². The van der Waals surface area contributed by atoms with Gasteiger partial charge in [0.05, 0.1) is 5.69 Å². The van der Waals surface area contributed by atoms with E-state index in [0.717, 1.165) is 0 Å². The Labute approximate surface area is 97.2 Å². The first-order valence-corrected chi connectivity index (χ1v) is 4.34. The van der Waals surface area contributed by atoms with Gasteiger partial charge < -0.3 is 15.5 Å². The molecule has 1 fully saturated rings. The number of aromatic nitrogens is 1. The molecule has 7 nitrogen and oxygen atoms in total. The van der Waals surface area contributed by atoms with Crippen molar-refractivity contribution in [2.24, 2.45) is 5.73 Å². The molecule has 1 aromatic heterocycles. The molecule has 1 atom stereocenters. The van der Waals surface area contributed by atoms with E-state index in [4.69, 9.17) is 10.2 Å². The standard InChI is InChI=1S/C8H10N4O3.ClH/c1-4-5(15-3-10-4)8(2-9)6(13)11-7(14)12-8;/h3H,2,9H2,1H3,(H2,11,12,13,14);1H. The number of nitrogens with two attached hydrogens (primary N) is 1. The number of rotatable bonds is 2. The number of nitrogens with zero attached hydrogens (tertiary/aromatic N) is 1. The Morgan fingerprint density at radius 3 is 2.62 bits per heavy atom. The molecule has 2 rings (SSSR count). The Hall–Kier alpha value is -1.60. The zero-order valence-corrected chi connectivity index (χ0v) is 9.26. The van der Waals surface area contributed by atoms with Gasteiger partial charge in [-0.15, -0.1) is 12.4 Å². The summed E-state index contributed by atoms with van der Waals surface area (Å²) < 4.78 is 5.09. The second kappa shape index (κ2) is 4.11. The van der Waals surface area contributed by atoms with Crippen molar-refractivity contribution < 1.29 is 14.0 Å². The smallest absolute Gasteiger partial charge is 0.322 e. The molecule has 4 N–H and O–H groups in total. The molecule has 1 saturated heterocycles. The summed E-state index contributed by atoms with van der Waals surface area (Å²) in [6.45, 7) is 1.59. The highest BCUT2D eigenvalue weighted by atomic mass is 35.5. The Bertz CT molecular complexity index is 433. The van der Waals surface area contributed by atoms with Gasteiger partial charge in [-0.2, -0.15) is 0 Å². The van der Waals surface area contributed by atoms with Gasteiger partial charge in [0.25, 0.3) is 5.91 Å². The molecule has 0 saturated carbocycles. The van der Waals surface area contributed by atoms with Crippen molar-refractivity contribution in [3.05, 3.63) is 17.8 Å². The van der Waals surface area contributed by atoms with Crippen LogP contribution in [-0.4, -0.2) is 23.5 Å². The van der Waals surface area contributed by atoms with Crippen molar-refractivity contribution in [2.45, 2.75) is 12.5 Å². The predicted octanol–water partition coefficient (Wildman–Crippen LogP) is -0.602. The maximum atomic E-state index is 11.6. The second-order valence-electron chi connectivity index (χ2n) is 3.28. The van der Waals surface area contributed by atoms with Gasteiger partial charge in [0.15, 0.2) is 17.7 Å². The minimum atomic E-state index is -1.32. The van der Waals surface area contributed by atoms with E-state index in [0.29, 0.717) is 5.69 Å². The summed E-state index contributed by atoms with van der Waals surface area (Å²) >= 11 is 0. The lowest BCUT2D eigenvalue weighted by atomic mass is 9.95. The number of imide groups is 1. The average Bonchev–Trinajstić information content (AvgIpc) is 2.71. The molecule has 0 radical (unpaired) electrons. The van der Waals surface area contributed by atoms with Crippen LogP contribution in [0.5, 0.6) is 0 Å². The van der Waals surface area contributed by atoms with Crippen LogP contribution in [0.15, 0.2) is 10.8 Å². The molecular weight excluding hydrogens is 236 g/mol. The average molecular weight is 247 g/mol. The highest BCUT2D eigenvalue weighted by Crippen LogP contribution is 2.25. The number of aryl methyl sites for hydroxylation is 1. The van der Waals surface area contributed by atoms with Crippen molar-refractivity contribution in [2.75, 3.05) is 6.54 Å². The van der Waals surface area contributed by atoms with Gasteiger partial charge in [0.2, 0.25) is 0 Å². The summed E-state index contributed by atoms with van der Waals surface area (Å²) in [4.78, 5) is 26.6. The van der Waals surface area contributed by atoms with Crippen molar-refractivity contribution in [3.8, 4) is 0 Å². The summed E-state index contributed by atoms with van der Waals surface area (Å²) in [5.74, 6) is -0.247. The van der Waals surface area contributed by atoms with E-state index in [1.165, 1.54) is 6.39 Å². The Morgan fingerprint density at radius 1 is 1.56 bits per heavy atom. The molecule has 2 heterocycles. The maximum absolute atomic E-state index is 11.6. The van der Waals surface area contributed by atoms with Gasteiger partial charge in [-0.05, 0) is 6.92 Å². The first kappa shape index (κ1) is 12.5. The molecule has 0 aliphatic carbocycles. The molecule has 8 heteroatoms. The monoisotopic (exact) mass is 246 g/mol. The van der Waals surface area contributed by atoms with Gasteiger partial charge >= 0.3 is 6.03 Å². The van der Waals surface area contributed by atoms with Crippen LogP contribution in [0.3, 0.4) is 0 Å². The van der Waals surface area contributed by atoms with Crippen LogP contribution >= 0.6 is 12.4 Å². The van der Waals surface area contributed by atoms with E-state index in [2.05, 4.69) is 15.6 Å². The fourth-order valence-corrected chi connectivity index (χ4v) is 1.60. The zero-order chi connectivity index (χ0) is 11.1. The maximum Gasteiger partial charge on any atom is 0.322 e. The summed E-state index contributed by atoms with van der Waals surface area (Å²) in [6.07, 6.45) is 1.21. The molecule has 0 spiro atoms. The van der Waals surface area contributed by atoms with Crippen LogP contribution in [0.4, 0.5) is 4.79 Å². The molecule has 0 bridgehead atoms. The normalized spacial score (nSPS) is 23.6. The third kappa shape index (κ3) is 1.54. The van der Waals surface area contributed by atoms with Crippen LogP contribution < -0.4 is 16.4 Å². The summed E-state index contributed by atoms with van der Waals surface area (Å²) in [6, 6.07) is -0.582. The van der Waals surface area contributed by atoms with Crippen molar-refractivity contribution in [1.29, 1.82) is 0 Å². The molecule has 88 valence electrons. The lowest BCUT2D eigenvalue weighted by molar-refractivity contribution is -0.124. The number of carbonyl (C=O) groups is 2. The molecule has 0 aromatic carbocycles. The van der Waals surface area contributed by atoms with Gasteiger partial charge in [0.1, 0.15) is 0 Å². The first-order valence-electron chi connectivity index (χ1n) is 4.34. The van der Waals surface area contributed by atoms with E-state index in [1.54, 1.807) is 6.92 Å². The third-order valence-corrected chi connectivity index (χ3v) is 2.38. The number of amides is 3. The minimum Gasteiger partial charge on any atom is -0.445 e. The number of nitrogens with one attached hydrogen (secondary N) is 2. The number of hydrogen-bond acceptors (Lipinski definition) is 5. The molecular formula is C8H11ClN4O3. The van der Waals surface area contributed by atoms with Crippen molar-refractivity contribution in [1.82, 2.24) is 15.6 Å². The highest BCUT2D eigenvalue weighted by molar-refractivity contribution is 6.07. The number of halogens is 1. The second-order valence-corrected chi connectivity index (χ2v) is 3.28. The van der Waals surface area contributed by atoms with Gasteiger partial charge in [0, 0.05) is 6.54 Å². The molecule has 1 aliphatic heterocycles. The van der Waals surface area contributed by atoms with Crippen LogP contribution in [0.25, 0.3) is 0 Å². The number of oxazole rings is 1. The molecule has 3 amide bonds. The van der Waals surface area contributed by atoms with E-state index in [-0.39, 0.29) is 24.7 Å². The van der Waals surface area contributed by atoms with Crippen LogP contribution in [-0.2, 0) is 10.3 Å². The predicted molar refractivity (Wildman–Crippen MR) is 55.9 cm³/mol. The van der Waals surface area contributed by atoms with Crippen LogP contribution in [0, 0.1) is 6.92 Å². The number of carbonyl (C=O) groups excluding carboxylic acids is 2. The Morgan fingerprint density at radius 2 is 2.25 bits per heavy atom. The topological polar surface area (TPSA) is 110 Å². The quantitative estimate of drug-likeness (QED) is 0.604. The molecule has 16 heavy (non-hydrogen) atoms. The first-order chi connectivity index (χ1) is 7.10. The summed E-state index contributed by atoms with van der Waals surface area (Å²) in [5.41, 5.74) is 4.72. The lowest BCUT2D eigenvalue weighted by Gasteiger charge is -2.21. The summed E-state index contributed by atoms with van der Waals surface area (Å²) in [7, 11) is 0. The third-order valence-electron chi connectivity index (χ3n) is 2.38. The van der Waals surface area contributed by atoms with Gasteiger partial charge in [-0.1, -0.05) is 0 Å². The molecule has 1 aromatic rings. The van der Waals surface area contributed by atoms with Crippen LogP contribution in [0.1, 0.15) is 11.5 Å². The van der Waals surface area contributed by atoms with Crippen molar-refractivity contribution >= 4 is 24.3 Å². The zero-order valence-electron chi connectivity index (χ0n) is 8.44. The fourth-order valence-electron chi connectivity index (χ4n) is 1.60. The van der Waals surface area contributed by atoms with E-state index in [9.17, 15) is 9.59 Å². The van der Waals surface area contributed by atoms with Crippen LogP contribution in [0.2, 0.25) is 0 Å². The Balaban J connectivity index is 0.00000128.